The van der Waals surface area contributed by atoms with Crippen LogP contribution in [0.25, 0.3) is 0 Å². The van der Waals surface area contributed by atoms with Crippen molar-refractivity contribution >= 4 is 29.0 Å². The predicted molar refractivity (Wildman–Crippen MR) is 87.3 cm³/mol. The van der Waals surface area contributed by atoms with Gasteiger partial charge in [-0.2, -0.15) is 0 Å². The van der Waals surface area contributed by atoms with Crippen molar-refractivity contribution in [3.63, 3.8) is 0 Å². The van der Waals surface area contributed by atoms with Gasteiger partial charge >= 0.3 is 0 Å². The number of carbonyl (C=O) groups excluding carboxylic acids is 3. The van der Waals surface area contributed by atoms with Crippen molar-refractivity contribution in [2.75, 3.05) is 10.6 Å². The summed E-state index contributed by atoms with van der Waals surface area (Å²) in [5.74, 6) is -3.08. The second kappa shape index (κ2) is 6.04. The van der Waals surface area contributed by atoms with Crippen LogP contribution < -0.4 is 10.6 Å². The van der Waals surface area contributed by atoms with Gasteiger partial charge in [-0.15, -0.1) is 0 Å². The Morgan fingerprint density at radius 2 is 1.91 bits per heavy atom. The maximum absolute atomic E-state index is 12.4. The lowest BCUT2D eigenvalue weighted by molar-refractivity contribution is -0.138. The minimum atomic E-state index is -1.08. The third kappa shape index (κ3) is 2.85. The van der Waals surface area contributed by atoms with Crippen LogP contribution in [0.1, 0.15) is 24.0 Å². The van der Waals surface area contributed by atoms with Gasteiger partial charge in [0.1, 0.15) is 5.92 Å². The second-order valence-electron chi connectivity index (χ2n) is 5.38. The molecule has 116 valence electrons. The van der Waals surface area contributed by atoms with E-state index in [9.17, 15) is 14.4 Å². The molecule has 2 aromatic rings. The van der Waals surface area contributed by atoms with Crippen LogP contribution in [0.2, 0.25) is 0 Å². The maximum Gasteiger partial charge on any atom is 0.292 e. The lowest BCUT2D eigenvalue weighted by Gasteiger charge is -2.09. The summed E-state index contributed by atoms with van der Waals surface area (Å²) in [5.41, 5.74) is 2.73. The van der Waals surface area contributed by atoms with Crippen LogP contribution >= 0.6 is 0 Å². The molecule has 1 aliphatic heterocycles. The molecule has 5 nitrogen and oxygen atoms in total. The number of hydrogen-bond donors (Lipinski definition) is 2. The molecular weight excluding hydrogens is 292 g/mol. The van der Waals surface area contributed by atoms with Crippen LogP contribution in [0.15, 0.2) is 48.5 Å². The molecule has 0 radical (unpaired) electrons. The van der Waals surface area contributed by atoms with Gasteiger partial charge in [0.25, 0.3) is 5.91 Å². The fraction of sp³-hybridized carbons (Fsp3) is 0.167. The van der Waals surface area contributed by atoms with Crippen LogP contribution in [-0.4, -0.2) is 17.6 Å². The Morgan fingerprint density at radius 1 is 1.13 bits per heavy atom. The number of benzene rings is 2. The zero-order chi connectivity index (χ0) is 16.4. The average Bonchev–Trinajstić information content (AvgIpc) is 2.90. The molecule has 0 aromatic heterocycles. The van der Waals surface area contributed by atoms with Gasteiger partial charge in [-0.25, -0.2) is 0 Å². The number of ketones is 1. The van der Waals surface area contributed by atoms with E-state index in [1.165, 1.54) is 0 Å². The number of rotatable bonds is 4. The molecule has 0 aliphatic carbocycles. The van der Waals surface area contributed by atoms with Crippen LogP contribution in [0.3, 0.4) is 0 Å². The third-order valence-corrected chi connectivity index (χ3v) is 3.87. The molecule has 0 saturated heterocycles. The zero-order valence-electron chi connectivity index (χ0n) is 12.6. The summed E-state index contributed by atoms with van der Waals surface area (Å²) in [7, 11) is 0. The van der Waals surface area contributed by atoms with Crippen molar-refractivity contribution in [3.8, 4) is 0 Å². The van der Waals surface area contributed by atoms with E-state index in [1.54, 1.807) is 30.3 Å². The molecule has 23 heavy (non-hydrogen) atoms. The number of Topliss-reactive ketones (excluding diaryl/α,β-unsaturated/α-hetero) is 1. The Balaban J connectivity index is 1.80. The molecule has 3 rings (SSSR count). The normalized spacial score (nSPS) is 15.7. The highest BCUT2D eigenvalue weighted by Gasteiger charge is 2.39. The van der Waals surface area contributed by atoms with E-state index in [0.717, 1.165) is 12.0 Å². The second-order valence-corrected chi connectivity index (χ2v) is 5.38. The Kier molecular flexibility index (Phi) is 3.93. The lowest BCUT2D eigenvalue weighted by Crippen LogP contribution is -2.31. The maximum atomic E-state index is 12.4. The molecule has 0 bridgehead atoms. The van der Waals surface area contributed by atoms with Crippen molar-refractivity contribution in [3.05, 3.63) is 59.7 Å². The summed E-state index contributed by atoms with van der Waals surface area (Å²) in [6.45, 7) is 2.01. The SMILES string of the molecule is CCc1cccc(NC(=O)C(=O)C2C(=O)Nc3ccccc32)c1. The highest BCUT2D eigenvalue weighted by molar-refractivity contribution is 6.47. The minimum absolute atomic E-state index is 0.464. The molecule has 2 N–H and O–H groups in total. The fourth-order valence-corrected chi connectivity index (χ4v) is 2.66. The minimum Gasteiger partial charge on any atom is -0.325 e. The van der Waals surface area contributed by atoms with Gasteiger partial charge in [-0.05, 0) is 35.7 Å². The van der Waals surface area contributed by atoms with Crippen molar-refractivity contribution in [1.29, 1.82) is 0 Å². The van der Waals surface area contributed by atoms with Gasteiger partial charge < -0.3 is 10.6 Å². The predicted octanol–water partition coefficient (Wildman–Crippen LogP) is 2.49. The summed E-state index contributed by atoms with van der Waals surface area (Å²) >= 11 is 0. The molecule has 1 heterocycles. The summed E-state index contributed by atoms with van der Waals surface area (Å²) in [6.07, 6.45) is 0.829. The van der Waals surface area contributed by atoms with Crippen molar-refractivity contribution in [1.82, 2.24) is 0 Å². The van der Waals surface area contributed by atoms with Gasteiger partial charge in [-0.3, -0.25) is 14.4 Å². The molecule has 2 amide bonds. The average molecular weight is 308 g/mol. The van der Waals surface area contributed by atoms with E-state index in [-0.39, 0.29) is 0 Å². The number of nitrogens with one attached hydrogen (secondary N) is 2. The Labute approximate surface area is 133 Å². The summed E-state index contributed by atoms with van der Waals surface area (Å²) in [5, 5.41) is 5.20. The topological polar surface area (TPSA) is 75.3 Å². The van der Waals surface area contributed by atoms with Crippen LogP contribution in [-0.2, 0) is 20.8 Å². The van der Waals surface area contributed by atoms with Gasteiger partial charge in [0.2, 0.25) is 11.7 Å². The van der Waals surface area contributed by atoms with Crippen LogP contribution in [0.5, 0.6) is 0 Å². The van der Waals surface area contributed by atoms with Crippen molar-refractivity contribution < 1.29 is 14.4 Å². The monoisotopic (exact) mass is 308 g/mol. The van der Waals surface area contributed by atoms with E-state index in [1.807, 2.05) is 25.1 Å². The fourth-order valence-electron chi connectivity index (χ4n) is 2.66. The number of para-hydroxylation sites is 1. The van der Waals surface area contributed by atoms with E-state index < -0.39 is 23.5 Å². The highest BCUT2D eigenvalue weighted by atomic mass is 16.2. The van der Waals surface area contributed by atoms with Gasteiger partial charge in [0.05, 0.1) is 0 Å². The number of aryl methyl sites for hydroxylation is 1. The standard InChI is InChI=1S/C18H16N2O3/c1-2-11-6-5-7-12(10-11)19-18(23)16(21)15-13-8-3-4-9-14(13)20-17(15)22/h3-10,15H,2H2,1H3,(H,19,23)(H,20,22). The first-order chi connectivity index (χ1) is 11.1. The first-order valence-corrected chi connectivity index (χ1v) is 7.44. The quantitative estimate of drug-likeness (QED) is 0.673. The van der Waals surface area contributed by atoms with Gasteiger partial charge in [0, 0.05) is 11.4 Å². The number of hydrogen-bond acceptors (Lipinski definition) is 3. The first kappa shape index (κ1) is 15.0. The molecule has 1 unspecified atom stereocenters. The number of amides is 2. The Morgan fingerprint density at radius 3 is 2.70 bits per heavy atom. The first-order valence-electron chi connectivity index (χ1n) is 7.44. The number of anilines is 2. The van der Waals surface area contributed by atoms with E-state index in [4.69, 9.17) is 0 Å². The molecular formula is C18H16N2O3. The lowest BCUT2D eigenvalue weighted by atomic mass is 9.95. The molecule has 2 aromatic carbocycles. The van der Waals surface area contributed by atoms with Gasteiger partial charge in [-0.1, -0.05) is 37.3 Å². The van der Waals surface area contributed by atoms with Gasteiger partial charge in [0.15, 0.2) is 0 Å². The number of fused-ring (bicyclic) bond motifs is 1. The summed E-state index contributed by atoms with van der Waals surface area (Å²) < 4.78 is 0. The van der Waals surface area contributed by atoms with Crippen molar-refractivity contribution in [2.45, 2.75) is 19.3 Å². The van der Waals surface area contributed by atoms with E-state index >= 15 is 0 Å². The Bertz CT molecular complexity index is 798. The molecule has 0 saturated carbocycles. The molecule has 1 atom stereocenters. The van der Waals surface area contributed by atoms with E-state index in [0.29, 0.717) is 16.9 Å². The smallest absolute Gasteiger partial charge is 0.292 e. The Hall–Kier alpha value is -2.95. The summed E-state index contributed by atoms with van der Waals surface area (Å²) in [4.78, 5) is 36.6. The third-order valence-electron chi connectivity index (χ3n) is 3.87. The molecule has 5 heteroatoms. The van der Waals surface area contributed by atoms with Crippen LogP contribution in [0, 0.1) is 0 Å². The molecule has 0 spiro atoms. The zero-order valence-corrected chi connectivity index (χ0v) is 12.6. The van der Waals surface area contributed by atoms with Crippen molar-refractivity contribution in [2.24, 2.45) is 0 Å². The van der Waals surface area contributed by atoms with Crippen LogP contribution in [0.4, 0.5) is 11.4 Å². The molecule has 0 fully saturated rings. The largest absolute Gasteiger partial charge is 0.325 e. The van der Waals surface area contributed by atoms with E-state index in [2.05, 4.69) is 10.6 Å². The highest BCUT2D eigenvalue weighted by Crippen LogP contribution is 2.32. The summed E-state index contributed by atoms with van der Waals surface area (Å²) in [6, 6.07) is 14.2. The number of carbonyl (C=O) groups is 3. The molecule has 1 aliphatic rings.